The minimum atomic E-state index is -0.989. The van der Waals surface area contributed by atoms with Gasteiger partial charge in [0.05, 0.1) is 30.8 Å². The summed E-state index contributed by atoms with van der Waals surface area (Å²) in [4.78, 5) is 20.2. The molecule has 1 amide bonds. The summed E-state index contributed by atoms with van der Waals surface area (Å²) in [5, 5.41) is 23.4. The van der Waals surface area contributed by atoms with Crippen LogP contribution in [0.25, 0.3) is 0 Å². The van der Waals surface area contributed by atoms with E-state index in [1.807, 2.05) is 11.0 Å². The number of hydrogen-bond donors (Lipinski definition) is 2. The van der Waals surface area contributed by atoms with Gasteiger partial charge >= 0.3 is 0 Å². The number of phenols is 1. The normalized spacial score (nSPS) is 38.6. The number of piperidine rings is 1. The first-order valence-corrected chi connectivity index (χ1v) is 13.4. The first-order valence-electron chi connectivity index (χ1n) is 13.4. The third kappa shape index (κ3) is 3.16. The Labute approximate surface area is 206 Å². The molecule has 1 aromatic carbocycles. The van der Waals surface area contributed by atoms with Gasteiger partial charge in [0, 0.05) is 43.7 Å². The van der Waals surface area contributed by atoms with Gasteiger partial charge in [-0.25, -0.2) is 0 Å². The number of hydrogen-bond acceptors (Lipinski definition) is 7. The van der Waals surface area contributed by atoms with E-state index in [1.54, 1.807) is 6.07 Å². The van der Waals surface area contributed by atoms with E-state index < -0.39 is 11.0 Å². The lowest BCUT2D eigenvalue weighted by molar-refractivity contribution is -0.162. The summed E-state index contributed by atoms with van der Waals surface area (Å²) in [5.74, 6) is 1.53. The van der Waals surface area contributed by atoms with Gasteiger partial charge in [0.1, 0.15) is 6.10 Å². The summed E-state index contributed by atoms with van der Waals surface area (Å²) in [6.07, 6.45) is 4.73. The molecule has 2 bridgehead atoms. The van der Waals surface area contributed by atoms with Crippen LogP contribution in [0.15, 0.2) is 12.1 Å². The van der Waals surface area contributed by atoms with Crippen LogP contribution < -0.4 is 4.74 Å². The second kappa shape index (κ2) is 7.81. The Morgan fingerprint density at radius 2 is 2.06 bits per heavy atom. The van der Waals surface area contributed by atoms with E-state index in [9.17, 15) is 15.0 Å². The minimum absolute atomic E-state index is 0.0128. The third-order valence-corrected chi connectivity index (χ3v) is 10.1. The molecule has 0 aromatic heterocycles. The molecule has 2 N–H and O–H groups in total. The highest BCUT2D eigenvalue weighted by Gasteiger charge is 2.71. The van der Waals surface area contributed by atoms with Gasteiger partial charge in [-0.05, 0) is 63.2 Å². The highest BCUT2D eigenvalue weighted by atomic mass is 16.5. The number of carbonyl (C=O) groups excluding carboxylic acids is 1. The molecule has 1 saturated carbocycles. The second-order valence-corrected chi connectivity index (χ2v) is 11.9. The van der Waals surface area contributed by atoms with Gasteiger partial charge in [-0.1, -0.05) is 6.07 Å². The van der Waals surface area contributed by atoms with Crippen molar-refractivity contribution < 1.29 is 24.5 Å². The fraction of sp³-hybridized carbons (Fsp3) is 0.741. The smallest absolute Gasteiger partial charge is 0.224 e. The van der Waals surface area contributed by atoms with Crippen LogP contribution in [-0.2, 0) is 21.4 Å². The minimum Gasteiger partial charge on any atom is -0.504 e. The number of nitrogens with zero attached hydrogens (tertiary/aromatic N) is 3. The zero-order chi connectivity index (χ0) is 23.9. The maximum atomic E-state index is 13.6. The summed E-state index contributed by atoms with van der Waals surface area (Å²) in [6, 6.07) is 3.86. The van der Waals surface area contributed by atoms with Gasteiger partial charge in [-0.2, -0.15) is 0 Å². The molecule has 4 fully saturated rings. The zero-order valence-electron chi connectivity index (χ0n) is 20.6. The van der Waals surface area contributed by atoms with Gasteiger partial charge in [0.2, 0.25) is 5.91 Å². The van der Waals surface area contributed by atoms with Gasteiger partial charge in [-0.15, -0.1) is 0 Å². The van der Waals surface area contributed by atoms with Crippen LogP contribution in [0, 0.1) is 5.92 Å². The van der Waals surface area contributed by atoms with E-state index in [0.29, 0.717) is 44.9 Å². The van der Waals surface area contributed by atoms with E-state index >= 15 is 0 Å². The molecule has 0 unspecified atom stereocenters. The van der Waals surface area contributed by atoms with E-state index in [-0.39, 0.29) is 29.8 Å². The Kier molecular flexibility index (Phi) is 4.99. The zero-order valence-corrected chi connectivity index (χ0v) is 20.6. The van der Waals surface area contributed by atoms with Crippen molar-refractivity contribution in [2.24, 2.45) is 5.92 Å². The number of rotatable bonds is 4. The Hall–Kier alpha value is -1.87. The van der Waals surface area contributed by atoms with Crippen molar-refractivity contribution in [1.29, 1.82) is 0 Å². The standard InChI is InChI=1S/C27H37N3O5/c1-28-10-11-34-16-19(28)13-23(32)30-9-7-27(33)21-12-18-4-5-20(31)25-24(18)26(27,22(15-30)35-25)6-8-29(21)14-17-2-3-17/h4-5,17,19,21-22,31,33H,2-3,6-16H2,1H3/t19-,21-,22+,26-,27-/m1/s1. The second-order valence-electron chi connectivity index (χ2n) is 11.9. The largest absolute Gasteiger partial charge is 0.504 e. The lowest BCUT2D eigenvalue weighted by Gasteiger charge is -2.60. The van der Waals surface area contributed by atoms with Crippen LogP contribution >= 0.6 is 0 Å². The molecule has 0 radical (unpaired) electrons. The molecular weight excluding hydrogens is 446 g/mol. The molecule has 1 spiro atoms. The molecule has 5 atom stereocenters. The third-order valence-electron chi connectivity index (χ3n) is 10.1. The van der Waals surface area contributed by atoms with E-state index in [1.165, 1.54) is 18.4 Å². The number of likely N-dealkylation sites (N-methyl/N-ethyl adjacent to an activating group) is 1. The van der Waals surface area contributed by atoms with E-state index in [0.717, 1.165) is 44.0 Å². The van der Waals surface area contributed by atoms with Crippen LogP contribution in [0.4, 0.5) is 0 Å². The Balaban J connectivity index is 1.25. The first-order chi connectivity index (χ1) is 16.9. The number of aliphatic hydroxyl groups is 1. The van der Waals surface area contributed by atoms with E-state index in [4.69, 9.17) is 9.47 Å². The van der Waals surface area contributed by atoms with Gasteiger partial charge in [0.25, 0.3) is 0 Å². The van der Waals surface area contributed by atoms with Crippen LogP contribution in [0.1, 0.15) is 43.2 Å². The number of benzene rings is 1. The number of amides is 1. The van der Waals surface area contributed by atoms with Crippen molar-refractivity contribution in [3.8, 4) is 11.5 Å². The van der Waals surface area contributed by atoms with E-state index in [2.05, 4.69) is 16.8 Å². The fourth-order valence-electron chi connectivity index (χ4n) is 7.91. The maximum absolute atomic E-state index is 13.6. The number of likely N-dealkylation sites (tertiary alicyclic amines) is 2. The Morgan fingerprint density at radius 3 is 2.86 bits per heavy atom. The first kappa shape index (κ1) is 22.3. The highest BCUT2D eigenvalue weighted by Crippen LogP contribution is 2.63. The molecule has 8 nitrogen and oxygen atoms in total. The molecule has 3 saturated heterocycles. The molecule has 35 heavy (non-hydrogen) atoms. The van der Waals surface area contributed by atoms with Gasteiger partial charge < -0.3 is 24.6 Å². The van der Waals surface area contributed by atoms with Crippen molar-refractivity contribution in [2.45, 2.75) is 67.7 Å². The van der Waals surface area contributed by atoms with Crippen LogP contribution in [0.5, 0.6) is 11.5 Å². The Morgan fingerprint density at radius 1 is 1.20 bits per heavy atom. The SMILES string of the molecule is CN1CCOC[C@H]1CC(=O)N1CC[C@@]2(O)[C@H]3Cc4ccc(O)c5c4[C@@]2(CCN3CC2CC2)[C@H](C1)O5. The topological polar surface area (TPSA) is 85.7 Å². The highest BCUT2D eigenvalue weighted by molar-refractivity contribution is 5.77. The molecule has 7 rings (SSSR count). The predicted octanol–water partition coefficient (Wildman–Crippen LogP) is 1.12. The number of phenolic OH excluding ortho intramolecular Hbond substituents is 1. The quantitative estimate of drug-likeness (QED) is 0.664. The van der Waals surface area contributed by atoms with Crippen molar-refractivity contribution >= 4 is 5.91 Å². The molecule has 190 valence electrons. The lowest BCUT2D eigenvalue weighted by atomic mass is 9.52. The molecule has 2 aliphatic carbocycles. The van der Waals surface area contributed by atoms with Gasteiger partial charge in [0.15, 0.2) is 11.5 Å². The predicted molar refractivity (Wildman–Crippen MR) is 129 cm³/mol. The number of ether oxygens (including phenoxy) is 2. The van der Waals surface area contributed by atoms with Crippen molar-refractivity contribution in [3.63, 3.8) is 0 Å². The van der Waals surface area contributed by atoms with Crippen LogP contribution in [0.3, 0.4) is 0 Å². The summed E-state index contributed by atoms with van der Waals surface area (Å²) in [5.41, 5.74) is 0.633. The van der Waals surface area contributed by atoms with Gasteiger partial charge in [-0.3, -0.25) is 14.6 Å². The Bertz CT molecular complexity index is 1050. The number of carbonyl (C=O) groups is 1. The van der Waals surface area contributed by atoms with Crippen LogP contribution in [0.2, 0.25) is 0 Å². The lowest BCUT2D eigenvalue weighted by Crippen LogP contribution is -2.74. The average molecular weight is 484 g/mol. The fourth-order valence-corrected chi connectivity index (χ4v) is 7.91. The summed E-state index contributed by atoms with van der Waals surface area (Å²) in [6.45, 7) is 5.07. The molecular formula is C27H37N3O5. The van der Waals surface area contributed by atoms with Crippen LogP contribution in [-0.4, -0.2) is 108 Å². The number of aromatic hydroxyl groups is 1. The molecule has 6 aliphatic rings. The summed E-state index contributed by atoms with van der Waals surface area (Å²) < 4.78 is 12.2. The molecule has 4 aliphatic heterocycles. The molecule has 1 aromatic rings. The van der Waals surface area contributed by atoms with Crippen molar-refractivity contribution in [2.75, 3.05) is 53.0 Å². The van der Waals surface area contributed by atoms with Crippen molar-refractivity contribution in [3.05, 3.63) is 23.3 Å². The van der Waals surface area contributed by atoms with Crippen molar-refractivity contribution in [1.82, 2.24) is 14.7 Å². The maximum Gasteiger partial charge on any atom is 0.224 e. The number of morpholine rings is 1. The average Bonchev–Trinajstić information content (AvgIpc) is 3.60. The molecule has 4 heterocycles. The summed E-state index contributed by atoms with van der Waals surface area (Å²) >= 11 is 0. The molecule has 8 heteroatoms. The summed E-state index contributed by atoms with van der Waals surface area (Å²) in [7, 11) is 2.05. The monoisotopic (exact) mass is 483 g/mol.